The van der Waals surface area contributed by atoms with Crippen LogP contribution in [0.3, 0.4) is 0 Å². The average Bonchev–Trinajstić information content (AvgIpc) is 3.19. The number of ether oxygens (including phenoxy) is 3. The molecule has 1 aliphatic heterocycles. The van der Waals surface area contributed by atoms with E-state index in [4.69, 9.17) is 14.2 Å². The molecular formula is C32H44O6. The Morgan fingerprint density at radius 2 is 1.68 bits per heavy atom. The summed E-state index contributed by atoms with van der Waals surface area (Å²) in [4.78, 5) is 23.9. The predicted molar refractivity (Wildman–Crippen MR) is 149 cm³/mol. The van der Waals surface area contributed by atoms with Gasteiger partial charge in [-0.05, 0) is 52.0 Å². The van der Waals surface area contributed by atoms with Gasteiger partial charge in [-0.25, -0.2) is 0 Å². The second kappa shape index (κ2) is 13.8. The Morgan fingerprint density at radius 3 is 2.34 bits per heavy atom. The molecule has 0 bridgehead atoms. The number of ketones is 1. The summed E-state index contributed by atoms with van der Waals surface area (Å²) in [6, 6.07) is 10.2. The lowest BCUT2D eigenvalue weighted by molar-refractivity contribution is -0.145. The lowest BCUT2D eigenvalue weighted by atomic mass is 9.86. The number of rotatable bonds is 15. The summed E-state index contributed by atoms with van der Waals surface area (Å²) in [6.45, 7) is 11.0. The van der Waals surface area contributed by atoms with E-state index in [9.17, 15) is 14.7 Å². The zero-order chi connectivity index (χ0) is 27.7. The van der Waals surface area contributed by atoms with Crippen molar-refractivity contribution in [3.63, 3.8) is 0 Å². The maximum Gasteiger partial charge on any atom is 0.313 e. The van der Waals surface area contributed by atoms with E-state index in [-0.39, 0.29) is 30.8 Å². The summed E-state index contributed by atoms with van der Waals surface area (Å²) >= 11 is 0. The molecule has 0 saturated heterocycles. The second-order valence-corrected chi connectivity index (χ2v) is 10.8. The molecule has 1 unspecified atom stereocenters. The van der Waals surface area contributed by atoms with Crippen molar-refractivity contribution in [1.29, 1.82) is 0 Å². The number of aliphatic hydroxyl groups is 1. The molecule has 38 heavy (non-hydrogen) atoms. The predicted octanol–water partition coefficient (Wildman–Crippen LogP) is 6.09. The minimum atomic E-state index is -0.847. The lowest BCUT2D eigenvalue weighted by Crippen LogP contribution is -2.25. The van der Waals surface area contributed by atoms with Crippen LogP contribution in [0.5, 0.6) is 11.5 Å². The standard InChI is InChI=1S/C32H44O6/c1-6-12-25-27(17-16-23(33)18-24(34)19-29(35)36-8-3)31-28(20-32(4,5)38-31)26(13-7-2)30(25)37-21-22-14-10-9-11-15-22/h9-11,14-15,23,33H,6-8,12-13,16-21H2,1-5H3. The van der Waals surface area contributed by atoms with Crippen molar-refractivity contribution in [3.8, 4) is 11.5 Å². The van der Waals surface area contributed by atoms with Gasteiger partial charge < -0.3 is 19.3 Å². The van der Waals surface area contributed by atoms with Crippen LogP contribution in [0.25, 0.3) is 0 Å². The first-order valence-corrected chi connectivity index (χ1v) is 14.1. The highest BCUT2D eigenvalue weighted by molar-refractivity contribution is 5.95. The molecule has 2 aromatic rings. The number of Topliss-reactive ketones (excluding diaryl/α,β-unsaturated/α-hetero) is 1. The first-order chi connectivity index (χ1) is 18.2. The quantitative estimate of drug-likeness (QED) is 0.224. The van der Waals surface area contributed by atoms with E-state index in [0.717, 1.165) is 60.3 Å². The first-order valence-electron chi connectivity index (χ1n) is 14.1. The Morgan fingerprint density at radius 1 is 1.00 bits per heavy atom. The molecule has 0 aromatic heterocycles. The molecule has 1 heterocycles. The van der Waals surface area contributed by atoms with Gasteiger partial charge in [0.15, 0.2) is 0 Å². The van der Waals surface area contributed by atoms with Crippen molar-refractivity contribution in [2.24, 2.45) is 0 Å². The molecule has 3 rings (SSSR count). The van der Waals surface area contributed by atoms with Gasteiger partial charge in [0.05, 0.1) is 12.7 Å². The van der Waals surface area contributed by atoms with E-state index < -0.39 is 12.1 Å². The highest BCUT2D eigenvalue weighted by Crippen LogP contribution is 2.48. The van der Waals surface area contributed by atoms with Crippen molar-refractivity contribution < 1.29 is 28.9 Å². The number of aliphatic hydroxyl groups excluding tert-OH is 1. The van der Waals surface area contributed by atoms with Crippen molar-refractivity contribution in [2.45, 2.75) is 111 Å². The molecule has 1 N–H and O–H groups in total. The number of fused-ring (bicyclic) bond motifs is 1. The van der Waals surface area contributed by atoms with Gasteiger partial charge in [-0.2, -0.15) is 0 Å². The third-order valence-electron chi connectivity index (χ3n) is 6.87. The molecule has 0 radical (unpaired) electrons. The average molecular weight is 525 g/mol. The molecule has 0 aliphatic carbocycles. The molecular weight excluding hydrogens is 480 g/mol. The molecule has 2 aromatic carbocycles. The summed E-state index contributed by atoms with van der Waals surface area (Å²) in [7, 11) is 0. The Hall–Kier alpha value is -2.86. The molecule has 0 spiro atoms. The monoisotopic (exact) mass is 524 g/mol. The van der Waals surface area contributed by atoms with Crippen LogP contribution in [0, 0.1) is 0 Å². The molecule has 6 heteroatoms. The molecule has 6 nitrogen and oxygen atoms in total. The molecule has 0 saturated carbocycles. The third-order valence-corrected chi connectivity index (χ3v) is 6.87. The van der Waals surface area contributed by atoms with Crippen LogP contribution in [-0.4, -0.2) is 35.2 Å². The van der Waals surface area contributed by atoms with Crippen molar-refractivity contribution in [2.75, 3.05) is 6.61 Å². The number of carbonyl (C=O) groups is 2. The summed E-state index contributed by atoms with van der Waals surface area (Å²) in [5.41, 5.74) is 5.46. The molecule has 1 atom stereocenters. The molecule has 0 fully saturated rings. The van der Waals surface area contributed by atoms with Gasteiger partial charge in [0.25, 0.3) is 0 Å². The minimum Gasteiger partial charge on any atom is -0.488 e. The van der Waals surface area contributed by atoms with Gasteiger partial charge >= 0.3 is 5.97 Å². The Bertz CT molecular complexity index is 1090. The van der Waals surface area contributed by atoms with Crippen LogP contribution in [-0.2, 0) is 46.6 Å². The highest BCUT2D eigenvalue weighted by atomic mass is 16.5. The number of hydrogen-bond acceptors (Lipinski definition) is 6. The first kappa shape index (κ1) is 29.7. The lowest BCUT2D eigenvalue weighted by Gasteiger charge is -2.24. The smallest absolute Gasteiger partial charge is 0.313 e. The Balaban J connectivity index is 1.93. The second-order valence-electron chi connectivity index (χ2n) is 10.8. The van der Waals surface area contributed by atoms with E-state index >= 15 is 0 Å². The fraction of sp³-hybridized carbons (Fsp3) is 0.562. The van der Waals surface area contributed by atoms with Crippen LogP contribution in [0.15, 0.2) is 30.3 Å². The van der Waals surface area contributed by atoms with Gasteiger partial charge in [0.2, 0.25) is 0 Å². The topological polar surface area (TPSA) is 82.1 Å². The maximum absolute atomic E-state index is 12.3. The fourth-order valence-corrected chi connectivity index (χ4v) is 5.28. The van der Waals surface area contributed by atoms with Crippen molar-refractivity contribution in [3.05, 3.63) is 58.1 Å². The van der Waals surface area contributed by atoms with Gasteiger partial charge in [-0.3, -0.25) is 9.59 Å². The van der Waals surface area contributed by atoms with E-state index in [0.29, 0.717) is 19.4 Å². The minimum absolute atomic E-state index is 0.0677. The summed E-state index contributed by atoms with van der Waals surface area (Å²) in [5.74, 6) is 1.03. The van der Waals surface area contributed by atoms with Crippen LogP contribution in [0.2, 0.25) is 0 Å². The number of hydrogen-bond donors (Lipinski definition) is 1. The van der Waals surface area contributed by atoms with E-state index in [1.54, 1.807) is 6.92 Å². The van der Waals surface area contributed by atoms with Crippen LogP contribution < -0.4 is 9.47 Å². The third kappa shape index (κ3) is 7.83. The largest absolute Gasteiger partial charge is 0.488 e. The Labute approximate surface area is 227 Å². The normalized spacial score (nSPS) is 14.5. The van der Waals surface area contributed by atoms with E-state index in [1.165, 1.54) is 11.1 Å². The zero-order valence-corrected chi connectivity index (χ0v) is 23.7. The van der Waals surface area contributed by atoms with Crippen LogP contribution >= 0.6 is 0 Å². The van der Waals surface area contributed by atoms with Gasteiger partial charge in [-0.15, -0.1) is 0 Å². The van der Waals surface area contributed by atoms with Gasteiger partial charge in [0, 0.05) is 35.1 Å². The van der Waals surface area contributed by atoms with E-state index in [1.807, 2.05) is 18.2 Å². The Kier molecular flexibility index (Phi) is 10.8. The number of esters is 1. The highest BCUT2D eigenvalue weighted by Gasteiger charge is 2.37. The van der Waals surface area contributed by atoms with Gasteiger partial charge in [-0.1, -0.05) is 57.0 Å². The number of benzene rings is 2. The summed E-state index contributed by atoms with van der Waals surface area (Å²) in [5, 5.41) is 10.7. The molecule has 0 amide bonds. The summed E-state index contributed by atoms with van der Waals surface area (Å²) < 4.78 is 18.0. The van der Waals surface area contributed by atoms with Crippen molar-refractivity contribution >= 4 is 11.8 Å². The van der Waals surface area contributed by atoms with Crippen molar-refractivity contribution in [1.82, 2.24) is 0 Å². The van der Waals surface area contributed by atoms with Crippen LogP contribution in [0.4, 0.5) is 0 Å². The maximum atomic E-state index is 12.3. The number of carbonyl (C=O) groups excluding carboxylic acids is 2. The summed E-state index contributed by atoms with van der Waals surface area (Å²) in [6.07, 6.45) is 4.24. The van der Waals surface area contributed by atoms with E-state index in [2.05, 4.69) is 39.8 Å². The fourth-order valence-electron chi connectivity index (χ4n) is 5.28. The zero-order valence-electron chi connectivity index (χ0n) is 23.7. The van der Waals surface area contributed by atoms with Crippen LogP contribution in [0.1, 0.15) is 94.5 Å². The molecule has 208 valence electrons. The molecule has 1 aliphatic rings. The SMILES string of the molecule is CCCc1c(CCC(O)CC(=O)CC(=O)OCC)c2c(c(CCC)c1OCc1ccccc1)CC(C)(C)O2. The van der Waals surface area contributed by atoms with Gasteiger partial charge in [0.1, 0.15) is 35.9 Å².